The second kappa shape index (κ2) is 9.31. The van der Waals surface area contributed by atoms with Crippen LogP contribution in [0.4, 0.5) is 4.79 Å². The first-order chi connectivity index (χ1) is 14.4. The molecule has 0 fully saturated rings. The van der Waals surface area contributed by atoms with E-state index in [1.807, 2.05) is 13.8 Å². The molecule has 1 aromatic carbocycles. The summed E-state index contributed by atoms with van der Waals surface area (Å²) in [7, 11) is 2.98. The fourth-order valence-corrected chi connectivity index (χ4v) is 4.95. The van der Waals surface area contributed by atoms with Crippen LogP contribution in [-0.4, -0.2) is 41.4 Å². The summed E-state index contributed by atoms with van der Waals surface area (Å²) in [6.07, 6.45) is 0.808. The first-order valence-corrected chi connectivity index (χ1v) is 11.0. The van der Waals surface area contributed by atoms with Gasteiger partial charge in [0, 0.05) is 18.0 Å². The molecule has 30 heavy (non-hydrogen) atoms. The van der Waals surface area contributed by atoms with Gasteiger partial charge >= 0.3 is 6.03 Å². The average Bonchev–Trinajstić information content (AvgIpc) is 3.07. The first-order valence-electron chi connectivity index (χ1n) is 9.23. The maximum Gasteiger partial charge on any atom is 0.321 e. The van der Waals surface area contributed by atoms with Crippen molar-refractivity contribution in [3.8, 4) is 11.4 Å². The van der Waals surface area contributed by atoms with E-state index in [-0.39, 0.29) is 11.3 Å². The number of nitrogens with zero attached hydrogens (tertiary/aromatic N) is 2. The van der Waals surface area contributed by atoms with Crippen molar-refractivity contribution in [2.45, 2.75) is 25.4 Å². The van der Waals surface area contributed by atoms with E-state index in [4.69, 9.17) is 9.72 Å². The molecule has 0 bridgehead atoms. The molecule has 8 nitrogen and oxygen atoms in total. The minimum atomic E-state index is -0.587. The third-order valence-electron chi connectivity index (χ3n) is 4.48. The molecule has 0 saturated heterocycles. The number of aryl methyl sites for hydroxylation is 2. The van der Waals surface area contributed by atoms with Crippen molar-refractivity contribution >= 4 is 45.3 Å². The zero-order valence-corrected chi connectivity index (χ0v) is 18.7. The van der Waals surface area contributed by atoms with Gasteiger partial charge in [-0.15, -0.1) is 11.3 Å². The molecule has 2 N–H and O–H groups in total. The summed E-state index contributed by atoms with van der Waals surface area (Å²) in [6, 6.07) is 6.52. The molecule has 0 unspecified atom stereocenters. The number of ether oxygens (including phenoxy) is 1. The van der Waals surface area contributed by atoms with Crippen molar-refractivity contribution in [1.82, 2.24) is 20.2 Å². The van der Waals surface area contributed by atoms with Crippen LogP contribution in [0.2, 0.25) is 0 Å². The standard InChI is InChI=1S/C20H22N4O4S2/c1-5-14-11(2)16-17(30-14)23-20(29-10-15(25)22-19(27)21-3)24(18(16)26)12-7-6-8-13(9-12)28-4/h6-9H,5,10H2,1-4H3,(H2,21,22,25,27). The number of imide groups is 1. The quantitative estimate of drug-likeness (QED) is 0.446. The number of benzene rings is 1. The van der Waals surface area contributed by atoms with Gasteiger partial charge in [0.15, 0.2) is 5.16 Å². The lowest BCUT2D eigenvalue weighted by Gasteiger charge is -2.13. The van der Waals surface area contributed by atoms with E-state index in [1.165, 1.54) is 23.0 Å². The largest absolute Gasteiger partial charge is 0.497 e. The SMILES string of the molecule is CCc1sc2nc(SCC(=O)NC(=O)NC)n(-c3cccc(OC)c3)c(=O)c2c1C. The Morgan fingerprint density at radius 1 is 1.33 bits per heavy atom. The van der Waals surface area contributed by atoms with E-state index in [0.717, 1.165) is 28.6 Å². The van der Waals surface area contributed by atoms with Gasteiger partial charge < -0.3 is 10.1 Å². The number of nitrogens with one attached hydrogen (secondary N) is 2. The minimum absolute atomic E-state index is 0.0691. The van der Waals surface area contributed by atoms with Crippen LogP contribution in [0.5, 0.6) is 5.75 Å². The van der Waals surface area contributed by atoms with Crippen LogP contribution in [0.1, 0.15) is 17.4 Å². The van der Waals surface area contributed by atoms with E-state index < -0.39 is 11.9 Å². The number of fused-ring (bicyclic) bond motifs is 1. The van der Waals surface area contributed by atoms with Crippen LogP contribution in [0.3, 0.4) is 0 Å². The Kier molecular flexibility index (Phi) is 6.78. The normalized spacial score (nSPS) is 10.8. The monoisotopic (exact) mass is 446 g/mol. The molecule has 0 atom stereocenters. The molecule has 0 radical (unpaired) electrons. The number of hydrogen-bond donors (Lipinski definition) is 2. The Bertz CT molecular complexity index is 1170. The molecule has 2 heterocycles. The lowest BCUT2D eigenvalue weighted by atomic mass is 10.2. The van der Waals surface area contributed by atoms with Gasteiger partial charge in [-0.1, -0.05) is 24.8 Å². The lowest BCUT2D eigenvalue weighted by Crippen LogP contribution is -2.38. The Labute approximate surface area is 181 Å². The van der Waals surface area contributed by atoms with Gasteiger partial charge in [-0.2, -0.15) is 0 Å². The number of thioether (sulfide) groups is 1. The van der Waals surface area contributed by atoms with Gasteiger partial charge in [-0.25, -0.2) is 9.78 Å². The maximum absolute atomic E-state index is 13.5. The molecule has 3 rings (SSSR count). The van der Waals surface area contributed by atoms with Crippen molar-refractivity contribution in [2.24, 2.45) is 0 Å². The molecule has 10 heteroatoms. The molecular formula is C20H22N4O4S2. The maximum atomic E-state index is 13.5. The third kappa shape index (κ3) is 4.34. The summed E-state index contributed by atoms with van der Waals surface area (Å²) in [6.45, 7) is 3.97. The van der Waals surface area contributed by atoms with Crippen molar-refractivity contribution in [3.63, 3.8) is 0 Å². The molecule has 0 aliphatic heterocycles. The van der Waals surface area contributed by atoms with Gasteiger partial charge in [-0.05, 0) is 31.0 Å². The first kappa shape index (κ1) is 21.8. The van der Waals surface area contributed by atoms with Gasteiger partial charge in [0.25, 0.3) is 5.56 Å². The predicted molar refractivity (Wildman–Crippen MR) is 119 cm³/mol. The molecule has 3 amide bonds. The number of amides is 3. The highest BCUT2D eigenvalue weighted by atomic mass is 32.2. The summed E-state index contributed by atoms with van der Waals surface area (Å²) < 4.78 is 6.78. The van der Waals surface area contributed by atoms with Crippen molar-refractivity contribution in [1.29, 1.82) is 0 Å². The Balaban J connectivity index is 2.12. The van der Waals surface area contributed by atoms with Gasteiger partial charge in [0.05, 0.1) is 23.9 Å². The number of carbonyl (C=O) groups is 2. The second-order valence-electron chi connectivity index (χ2n) is 6.34. The van der Waals surface area contributed by atoms with E-state index in [2.05, 4.69) is 10.6 Å². The molecule has 0 saturated carbocycles. The smallest absolute Gasteiger partial charge is 0.321 e. The summed E-state index contributed by atoms with van der Waals surface area (Å²) in [5.74, 6) is 0.0481. The Hall–Kier alpha value is -2.85. The van der Waals surface area contributed by atoms with Crippen LogP contribution >= 0.6 is 23.1 Å². The van der Waals surface area contributed by atoms with E-state index in [1.54, 1.807) is 31.4 Å². The van der Waals surface area contributed by atoms with Crippen LogP contribution in [0.15, 0.2) is 34.2 Å². The summed E-state index contributed by atoms with van der Waals surface area (Å²) in [4.78, 5) is 43.3. The topological polar surface area (TPSA) is 102 Å². The Morgan fingerprint density at radius 3 is 2.77 bits per heavy atom. The lowest BCUT2D eigenvalue weighted by molar-refractivity contribution is -0.117. The minimum Gasteiger partial charge on any atom is -0.497 e. The fourth-order valence-electron chi connectivity index (χ4n) is 2.98. The van der Waals surface area contributed by atoms with Gasteiger partial charge in [0.1, 0.15) is 10.6 Å². The van der Waals surface area contributed by atoms with Crippen LogP contribution in [-0.2, 0) is 11.2 Å². The second-order valence-corrected chi connectivity index (χ2v) is 8.36. The van der Waals surface area contributed by atoms with E-state index in [9.17, 15) is 14.4 Å². The van der Waals surface area contributed by atoms with Crippen molar-refractivity contribution in [3.05, 3.63) is 45.1 Å². The molecule has 2 aromatic heterocycles. The zero-order chi connectivity index (χ0) is 21.8. The number of hydrogen-bond acceptors (Lipinski definition) is 7. The average molecular weight is 447 g/mol. The van der Waals surface area contributed by atoms with Crippen molar-refractivity contribution < 1.29 is 14.3 Å². The zero-order valence-electron chi connectivity index (χ0n) is 17.1. The highest BCUT2D eigenvalue weighted by Gasteiger charge is 2.20. The van der Waals surface area contributed by atoms with Crippen LogP contribution in [0, 0.1) is 6.92 Å². The number of urea groups is 1. The third-order valence-corrected chi connectivity index (χ3v) is 6.75. The van der Waals surface area contributed by atoms with Gasteiger partial charge in [-0.3, -0.25) is 19.5 Å². The molecular weight excluding hydrogens is 424 g/mol. The van der Waals surface area contributed by atoms with E-state index in [0.29, 0.717) is 26.8 Å². The van der Waals surface area contributed by atoms with Crippen molar-refractivity contribution in [2.75, 3.05) is 19.9 Å². The molecule has 0 spiro atoms. The highest BCUT2D eigenvalue weighted by molar-refractivity contribution is 7.99. The van der Waals surface area contributed by atoms with E-state index >= 15 is 0 Å². The van der Waals surface area contributed by atoms with Crippen LogP contribution < -0.4 is 20.9 Å². The number of methoxy groups -OCH3 is 1. The number of aromatic nitrogens is 2. The predicted octanol–water partition coefficient (Wildman–Crippen LogP) is 2.87. The Morgan fingerprint density at radius 2 is 2.10 bits per heavy atom. The fraction of sp³-hybridized carbons (Fsp3) is 0.300. The molecule has 0 aliphatic rings. The van der Waals surface area contributed by atoms with Crippen LogP contribution in [0.25, 0.3) is 15.9 Å². The van der Waals surface area contributed by atoms with Gasteiger partial charge in [0.2, 0.25) is 5.91 Å². The number of rotatable bonds is 6. The summed E-state index contributed by atoms with van der Waals surface area (Å²) in [5.41, 5.74) is 1.32. The number of thiophene rings is 1. The summed E-state index contributed by atoms with van der Waals surface area (Å²) >= 11 is 2.58. The number of carbonyl (C=O) groups excluding carboxylic acids is 2. The molecule has 3 aromatic rings. The molecule has 158 valence electrons. The highest BCUT2D eigenvalue weighted by Crippen LogP contribution is 2.31. The molecule has 0 aliphatic carbocycles. The summed E-state index contributed by atoms with van der Waals surface area (Å²) in [5, 5.41) is 5.49.